The maximum atomic E-state index is 11.7. The maximum absolute atomic E-state index is 11.7. The minimum Gasteiger partial charge on any atom is -0.690 e. The van der Waals surface area contributed by atoms with Crippen molar-refractivity contribution >= 4 is 11.6 Å². The number of aromatic nitrogens is 2. The van der Waals surface area contributed by atoms with Gasteiger partial charge in [0.25, 0.3) is 0 Å². The highest BCUT2D eigenvalue weighted by atomic mass is 16.5. The zero-order chi connectivity index (χ0) is 12.3. The standard InChI is InChI=1S/C12H12N4O/c1-9-5-3-7-11(13-9)15-16(17)12-8-4-6-10(2)14-12/h3-8H,1-2H3. The minimum atomic E-state index is 0.258. The summed E-state index contributed by atoms with van der Waals surface area (Å²) >= 11 is 0. The highest BCUT2D eigenvalue weighted by Crippen LogP contribution is 2.13. The van der Waals surface area contributed by atoms with E-state index >= 15 is 0 Å². The summed E-state index contributed by atoms with van der Waals surface area (Å²) in [5, 5.41) is 15.6. The molecule has 17 heavy (non-hydrogen) atoms. The number of azo groups is 1. The minimum absolute atomic E-state index is 0.258. The van der Waals surface area contributed by atoms with Gasteiger partial charge in [0.15, 0.2) is 5.82 Å². The summed E-state index contributed by atoms with van der Waals surface area (Å²) in [6.45, 7) is 3.67. The van der Waals surface area contributed by atoms with E-state index in [1.807, 2.05) is 26.0 Å². The molecule has 2 aromatic rings. The molecule has 5 heteroatoms. The second-order valence-corrected chi connectivity index (χ2v) is 3.65. The Kier molecular flexibility index (Phi) is 3.09. The molecule has 2 aromatic heterocycles. The summed E-state index contributed by atoms with van der Waals surface area (Å²) < 4.78 is 0. The fourth-order valence-electron chi connectivity index (χ4n) is 1.36. The van der Waals surface area contributed by atoms with Crippen LogP contribution in [0.4, 0.5) is 11.6 Å². The van der Waals surface area contributed by atoms with Gasteiger partial charge in [0.1, 0.15) is 5.69 Å². The fourth-order valence-corrected chi connectivity index (χ4v) is 1.36. The monoisotopic (exact) mass is 228 g/mol. The third kappa shape index (κ3) is 2.84. The Hall–Kier alpha value is -2.30. The maximum Gasteiger partial charge on any atom is 0.347 e. The Morgan fingerprint density at radius 3 is 2.29 bits per heavy atom. The molecule has 0 aliphatic carbocycles. The van der Waals surface area contributed by atoms with Gasteiger partial charge in [-0.15, -0.1) is 4.86 Å². The van der Waals surface area contributed by atoms with E-state index in [2.05, 4.69) is 15.1 Å². The van der Waals surface area contributed by atoms with Gasteiger partial charge in [-0.3, -0.25) is 0 Å². The first-order valence-corrected chi connectivity index (χ1v) is 5.21. The van der Waals surface area contributed by atoms with Crippen molar-refractivity contribution in [2.45, 2.75) is 13.8 Å². The number of pyridine rings is 2. The van der Waals surface area contributed by atoms with Crippen LogP contribution in [0.5, 0.6) is 0 Å². The Morgan fingerprint density at radius 2 is 1.65 bits per heavy atom. The molecule has 2 heterocycles. The van der Waals surface area contributed by atoms with Gasteiger partial charge in [-0.05, 0) is 36.2 Å². The Balaban J connectivity index is 2.34. The van der Waals surface area contributed by atoms with Gasteiger partial charge in [-0.1, -0.05) is 11.2 Å². The lowest BCUT2D eigenvalue weighted by molar-refractivity contribution is -0.440. The topological polar surface area (TPSA) is 64.2 Å². The lowest BCUT2D eigenvalue weighted by Crippen LogP contribution is -1.95. The molecule has 0 bridgehead atoms. The van der Waals surface area contributed by atoms with Crippen molar-refractivity contribution in [2.75, 3.05) is 0 Å². The summed E-state index contributed by atoms with van der Waals surface area (Å²) in [6, 6.07) is 10.5. The molecule has 5 nitrogen and oxygen atoms in total. The number of hydrogen-bond acceptors (Lipinski definition) is 4. The lowest BCUT2D eigenvalue weighted by Gasteiger charge is -2.02. The van der Waals surface area contributed by atoms with E-state index in [4.69, 9.17) is 0 Å². The van der Waals surface area contributed by atoms with Crippen molar-refractivity contribution in [1.82, 2.24) is 9.97 Å². The van der Waals surface area contributed by atoms with E-state index in [0.29, 0.717) is 10.7 Å². The molecule has 0 radical (unpaired) electrons. The smallest absolute Gasteiger partial charge is 0.347 e. The molecule has 0 aliphatic rings. The number of aryl methyl sites for hydroxylation is 2. The highest BCUT2D eigenvalue weighted by Gasteiger charge is 2.05. The molecule has 0 saturated heterocycles. The molecule has 0 saturated carbocycles. The molecule has 0 fully saturated rings. The van der Waals surface area contributed by atoms with E-state index in [1.165, 1.54) is 0 Å². The van der Waals surface area contributed by atoms with Crippen LogP contribution in [0.15, 0.2) is 41.5 Å². The van der Waals surface area contributed by atoms with E-state index in [-0.39, 0.29) is 5.82 Å². The third-order valence-corrected chi connectivity index (χ3v) is 2.14. The second kappa shape index (κ2) is 4.69. The van der Waals surface area contributed by atoms with Crippen LogP contribution in [0.25, 0.3) is 0 Å². The van der Waals surface area contributed by atoms with Crippen molar-refractivity contribution in [3.63, 3.8) is 0 Å². The molecule has 0 amide bonds. The lowest BCUT2D eigenvalue weighted by atomic mass is 10.4. The molecular weight excluding hydrogens is 216 g/mol. The van der Waals surface area contributed by atoms with Gasteiger partial charge < -0.3 is 5.21 Å². The van der Waals surface area contributed by atoms with Crippen LogP contribution in [0, 0.1) is 19.1 Å². The first-order chi connectivity index (χ1) is 8.15. The summed E-state index contributed by atoms with van der Waals surface area (Å²) in [6.07, 6.45) is 0. The van der Waals surface area contributed by atoms with Crippen LogP contribution < -0.4 is 0 Å². The van der Waals surface area contributed by atoms with Crippen molar-refractivity contribution in [2.24, 2.45) is 5.11 Å². The van der Waals surface area contributed by atoms with Crippen LogP contribution in [0.2, 0.25) is 0 Å². The zero-order valence-electron chi connectivity index (χ0n) is 9.66. The normalized spacial score (nSPS) is 11.5. The van der Waals surface area contributed by atoms with Gasteiger partial charge in [0.2, 0.25) is 0 Å². The third-order valence-electron chi connectivity index (χ3n) is 2.14. The number of hydrogen-bond donors (Lipinski definition) is 0. The first kappa shape index (κ1) is 11.2. The van der Waals surface area contributed by atoms with Crippen LogP contribution in [-0.4, -0.2) is 14.8 Å². The molecule has 2 rings (SSSR count). The summed E-state index contributed by atoms with van der Waals surface area (Å²) in [5.41, 5.74) is 1.59. The molecule has 0 atom stereocenters. The van der Waals surface area contributed by atoms with Crippen molar-refractivity contribution < 1.29 is 4.86 Å². The van der Waals surface area contributed by atoms with Crippen LogP contribution in [0.1, 0.15) is 11.4 Å². The molecule has 0 unspecified atom stereocenters. The largest absolute Gasteiger partial charge is 0.690 e. The fraction of sp³-hybridized carbons (Fsp3) is 0.167. The van der Waals surface area contributed by atoms with Gasteiger partial charge in [-0.2, -0.15) is 0 Å². The summed E-state index contributed by atoms with van der Waals surface area (Å²) in [4.78, 5) is 8.69. The van der Waals surface area contributed by atoms with Gasteiger partial charge in [0.05, 0.1) is 0 Å². The Bertz CT molecular complexity index is 566. The van der Waals surface area contributed by atoms with E-state index in [1.54, 1.807) is 24.3 Å². The van der Waals surface area contributed by atoms with Crippen molar-refractivity contribution in [3.8, 4) is 0 Å². The van der Waals surface area contributed by atoms with Crippen LogP contribution in [-0.2, 0) is 0 Å². The predicted molar refractivity (Wildman–Crippen MR) is 63.3 cm³/mol. The Morgan fingerprint density at radius 1 is 1.00 bits per heavy atom. The average molecular weight is 228 g/mol. The highest BCUT2D eigenvalue weighted by molar-refractivity contribution is 5.27. The Labute approximate surface area is 99.1 Å². The number of nitrogens with zero attached hydrogens (tertiary/aromatic N) is 4. The first-order valence-electron chi connectivity index (χ1n) is 5.21. The molecule has 86 valence electrons. The van der Waals surface area contributed by atoms with E-state index in [0.717, 1.165) is 11.4 Å². The zero-order valence-corrected chi connectivity index (χ0v) is 9.66. The van der Waals surface area contributed by atoms with E-state index in [9.17, 15) is 5.21 Å². The SMILES string of the molecule is Cc1cccc(N=[N+]([O-])c2cccc(C)n2)n1. The molecule has 0 spiro atoms. The van der Waals surface area contributed by atoms with Crippen LogP contribution in [0.3, 0.4) is 0 Å². The molecule has 0 aliphatic heterocycles. The van der Waals surface area contributed by atoms with Crippen molar-refractivity contribution in [3.05, 3.63) is 53.0 Å². The average Bonchev–Trinajstić information content (AvgIpc) is 2.29. The second-order valence-electron chi connectivity index (χ2n) is 3.65. The molecule has 0 aromatic carbocycles. The summed E-state index contributed by atoms with van der Waals surface area (Å²) in [7, 11) is 0. The van der Waals surface area contributed by atoms with Crippen molar-refractivity contribution in [1.29, 1.82) is 0 Å². The van der Waals surface area contributed by atoms with Gasteiger partial charge in [-0.25, -0.2) is 4.98 Å². The molecule has 0 N–H and O–H groups in total. The van der Waals surface area contributed by atoms with Crippen LogP contribution >= 0.6 is 0 Å². The number of rotatable bonds is 2. The van der Waals surface area contributed by atoms with E-state index < -0.39 is 0 Å². The molecular formula is C12H12N4O. The quantitative estimate of drug-likeness (QED) is 0.451. The van der Waals surface area contributed by atoms with Gasteiger partial charge in [0, 0.05) is 18.7 Å². The van der Waals surface area contributed by atoms with Gasteiger partial charge >= 0.3 is 5.82 Å². The predicted octanol–water partition coefficient (Wildman–Crippen LogP) is 3.02. The summed E-state index contributed by atoms with van der Waals surface area (Å²) in [5.74, 6) is 0.636.